The standard InChI is InChI=1S/C23H21N3OS/c1-2-17-7-3-4-8-19(17)24-22(27)18-13-11-16(12-14-18)15-28-23-25-20-9-5-6-10-21(20)26-23/h3-14H,2,15H2,1H3,(H,24,27)(H,25,26). The third kappa shape index (κ3) is 4.10. The second kappa shape index (κ2) is 8.31. The number of aromatic nitrogens is 2. The third-order valence-electron chi connectivity index (χ3n) is 4.61. The van der Waals surface area contributed by atoms with E-state index in [1.807, 2.05) is 72.8 Å². The van der Waals surface area contributed by atoms with Gasteiger partial charge in [0, 0.05) is 17.0 Å². The molecule has 4 aromatic rings. The molecule has 5 heteroatoms. The molecule has 28 heavy (non-hydrogen) atoms. The van der Waals surface area contributed by atoms with Crippen LogP contribution in [0.5, 0.6) is 0 Å². The highest BCUT2D eigenvalue weighted by Gasteiger charge is 2.09. The molecule has 0 unspecified atom stereocenters. The maximum absolute atomic E-state index is 12.5. The lowest BCUT2D eigenvalue weighted by molar-refractivity contribution is 0.102. The topological polar surface area (TPSA) is 57.8 Å². The average Bonchev–Trinajstić information content (AvgIpc) is 3.16. The molecule has 0 fully saturated rings. The molecule has 4 rings (SSSR count). The van der Waals surface area contributed by atoms with E-state index in [0.717, 1.165) is 45.2 Å². The van der Waals surface area contributed by atoms with E-state index in [2.05, 4.69) is 22.2 Å². The van der Waals surface area contributed by atoms with E-state index in [4.69, 9.17) is 0 Å². The molecule has 0 aliphatic carbocycles. The molecule has 0 spiro atoms. The van der Waals surface area contributed by atoms with Gasteiger partial charge < -0.3 is 10.3 Å². The number of amides is 1. The van der Waals surface area contributed by atoms with E-state index >= 15 is 0 Å². The monoisotopic (exact) mass is 387 g/mol. The molecular formula is C23H21N3OS. The largest absolute Gasteiger partial charge is 0.333 e. The summed E-state index contributed by atoms with van der Waals surface area (Å²) >= 11 is 1.65. The lowest BCUT2D eigenvalue weighted by Gasteiger charge is -2.10. The van der Waals surface area contributed by atoms with Crippen molar-refractivity contribution in [2.45, 2.75) is 24.3 Å². The van der Waals surface area contributed by atoms with Crippen molar-refractivity contribution in [3.8, 4) is 0 Å². The van der Waals surface area contributed by atoms with Crippen LogP contribution in [0.15, 0.2) is 78.0 Å². The van der Waals surface area contributed by atoms with Crippen LogP contribution < -0.4 is 5.32 Å². The Morgan fingerprint density at radius 2 is 1.75 bits per heavy atom. The van der Waals surface area contributed by atoms with Crippen LogP contribution in [-0.4, -0.2) is 15.9 Å². The van der Waals surface area contributed by atoms with Crippen molar-refractivity contribution in [3.63, 3.8) is 0 Å². The summed E-state index contributed by atoms with van der Waals surface area (Å²) in [5.41, 5.74) is 5.84. The number of H-pyrrole nitrogens is 1. The molecule has 4 nitrogen and oxygen atoms in total. The van der Waals surface area contributed by atoms with E-state index < -0.39 is 0 Å². The van der Waals surface area contributed by atoms with Crippen molar-refractivity contribution in [1.82, 2.24) is 9.97 Å². The maximum atomic E-state index is 12.5. The summed E-state index contributed by atoms with van der Waals surface area (Å²) < 4.78 is 0. The summed E-state index contributed by atoms with van der Waals surface area (Å²) in [5, 5.41) is 3.91. The number of imidazole rings is 1. The van der Waals surface area contributed by atoms with E-state index in [-0.39, 0.29) is 5.91 Å². The zero-order chi connectivity index (χ0) is 19.3. The van der Waals surface area contributed by atoms with Crippen LogP contribution >= 0.6 is 11.8 Å². The zero-order valence-electron chi connectivity index (χ0n) is 15.6. The molecule has 0 aliphatic rings. The first-order valence-electron chi connectivity index (χ1n) is 9.28. The first-order valence-corrected chi connectivity index (χ1v) is 10.3. The molecular weight excluding hydrogens is 366 g/mol. The second-order valence-electron chi connectivity index (χ2n) is 6.51. The minimum absolute atomic E-state index is 0.0858. The number of nitrogens with one attached hydrogen (secondary N) is 2. The van der Waals surface area contributed by atoms with Gasteiger partial charge in [0.2, 0.25) is 0 Å². The number of hydrogen-bond acceptors (Lipinski definition) is 3. The summed E-state index contributed by atoms with van der Waals surface area (Å²) in [4.78, 5) is 20.4. The Morgan fingerprint density at radius 1 is 1.00 bits per heavy atom. The number of rotatable bonds is 6. The molecule has 0 atom stereocenters. The van der Waals surface area contributed by atoms with Gasteiger partial charge in [-0.3, -0.25) is 4.79 Å². The molecule has 3 aromatic carbocycles. The Labute approximate surface area is 168 Å². The van der Waals surface area contributed by atoms with Crippen molar-refractivity contribution in [2.75, 3.05) is 5.32 Å². The first-order chi connectivity index (χ1) is 13.7. The summed E-state index contributed by atoms with van der Waals surface area (Å²) in [6, 6.07) is 23.6. The molecule has 0 saturated heterocycles. The van der Waals surface area contributed by atoms with Crippen LogP contribution in [0.3, 0.4) is 0 Å². The number of benzene rings is 3. The number of aryl methyl sites for hydroxylation is 1. The number of para-hydroxylation sites is 3. The van der Waals surface area contributed by atoms with Crippen molar-refractivity contribution >= 4 is 34.4 Å². The van der Waals surface area contributed by atoms with Gasteiger partial charge in [0.1, 0.15) is 0 Å². The Bertz CT molecular complexity index is 1070. The minimum Gasteiger partial charge on any atom is -0.333 e. The number of carbonyl (C=O) groups excluding carboxylic acids is 1. The van der Waals surface area contributed by atoms with E-state index in [9.17, 15) is 4.79 Å². The number of fused-ring (bicyclic) bond motifs is 1. The van der Waals surface area contributed by atoms with Gasteiger partial charge in [0.25, 0.3) is 5.91 Å². The van der Waals surface area contributed by atoms with Gasteiger partial charge in [-0.25, -0.2) is 4.98 Å². The molecule has 1 amide bonds. The van der Waals surface area contributed by atoms with Gasteiger partial charge in [-0.05, 0) is 47.9 Å². The Hall–Kier alpha value is -3.05. The van der Waals surface area contributed by atoms with Crippen LogP contribution in [0.4, 0.5) is 5.69 Å². The number of nitrogens with zero attached hydrogens (tertiary/aromatic N) is 1. The Kier molecular flexibility index (Phi) is 5.44. The second-order valence-corrected chi connectivity index (χ2v) is 7.47. The van der Waals surface area contributed by atoms with Crippen LogP contribution in [0.1, 0.15) is 28.4 Å². The number of carbonyl (C=O) groups is 1. The molecule has 1 heterocycles. The predicted octanol–water partition coefficient (Wildman–Crippen LogP) is 5.67. The van der Waals surface area contributed by atoms with E-state index in [1.165, 1.54) is 0 Å². The highest BCUT2D eigenvalue weighted by molar-refractivity contribution is 7.98. The lowest BCUT2D eigenvalue weighted by atomic mass is 10.1. The SMILES string of the molecule is CCc1ccccc1NC(=O)c1ccc(CSc2nc3ccccc3[nH]2)cc1. The van der Waals surface area contributed by atoms with Gasteiger partial charge in [-0.15, -0.1) is 0 Å². The molecule has 1 aromatic heterocycles. The molecule has 140 valence electrons. The highest BCUT2D eigenvalue weighted by atomic mass is 32.2. The summed E-state index contributed by atoms with van der Waals surface area (Å²) in [7, 11) is 0. The fourth-order valence-electron chi connectivity index (χ4n) is 3.05. The highest BCUT2D eigenvalue weighted by Crippen LogP contribution is 2.23. The molecule has 2 N–H and O–H groups in total. The van der Waals surface area contributed by atoms with Gasteiger partial charge in [-0.1, -0.05) is 61.2 Å². The summed E-state index contributed by atoms with van der Waals surface area (Å²) in [6.07, 6.45) is 0.883. The smallest absolute Gasteiger partial charge is 0.255 e. The van der Waals surface area contributed by atoms with Crippen LogP contribution in [0.2, 0.25) is 0 Å². The van der Waals surface area contributed by atoms with Crippen LogP contribution in [0, 0.1) is 0 Å². The fraction of sp³-hybridized carbons (Fsp3) is 0.130. The zero-order valence-corrected chi connectivity index (χ0v) is 16.4. The predicted molar refractivity (Wildman–Crippen MR) is 116 cm³/mol. The van der Waals surface area contributed by atoms with Crippen LogP contribution in [0.25, 0.3) is 11.0 Å². The quantitative estimate of drug-likeness (QED) is 0.419. The number of anilines is 1. The Balaban J connectivity index is 1.39. The van der Waals surface area contributed by atoms with Crippen molar-refractivity contribution in [3.05, 3.63) is 89.5 Å². The summed E-state index contributed by atoms with van der Waals surface area (Å²) in [6.45, 7) is 2.08. The van der Waals surface area contributed by atoms with Crippen molar-refractivity contribution in [1.29, 1.82) is 0 Å². The number of hydrogen-bond donors (Lipinski definition) is 2. The van der Waals surface area contributed by atoms with Gasteiger partial charge in [0.15, 0.2) is 5.16 Å². The first kappa shape index (κ1) is 18.3. The minimum atomic E-state index is -0.0858. The average molecular weight is 388 g/mol. The molecule has 0 saturated carbocycles. The Morgan fingerprint density at radius 3 is 2.54 bits per heavy atom. The molecule has 0 aliphatic heterocycles. The van der Waals surface area contributed by atoms with E-state index in [1.54, 1.807) is 11.8 Å². The summed E-state index contributed by atoms with van der Waals surface area (Å²) in [5.74, 6) is 0.706. The van der Waals surface area contributed by atoms with Crippen LogP contribution in [-0.2, 0) is 12.2 Å². The molecule has 0 bridgehead atoms. The number of aromatic amines is 1. The third-order valence-corrected chi connectivity index (χ3v) is 5.55. The van der Waals surface area contributed by atoms with Crippen molar-refractivity contribution in [2.24, 2.45) is 0 Å². The van der Waals surface area contributed by atoms with Gasteiger partial charge >= 0.3 is 0 Å². The van der Waals surface area contributed by atoms with Gasteiger partial charge in [0.05, 0.1) is 11.0 Å². The fourth-order valence-corrected chi connectivity index (χ4v) is 3.89. The number of thioether (sulfide) groups is 1. The van der Waals surface area contributed by atoms with E-state index in [0.29, 0.717) is 5.56 Å². The normalized spacial score (nSPS) is 10.9. The van der Waals surface area contributed by atoms with Gasteiger partial charge in [-0.2, -0.15) is 0 Å². The maximum Gasteiger partial charge on any atom is 0.255 e. The molecule has 0 radical (unpaired) electrons. The lowest BCUT2D eigenvalue weighted by Crippen LogP contribution is -2.13. The van der Waals surface area contributed by atoms with Crippen molar-refractivity contribution < 1.29 is 4.79 Å².